The molecule has 0 aromatic heterocycles. The fraction of sp³-hybridized carbons (Fsp3) is 0.0909. The number of benzene rings is 3. The maximum atomic E-state index is 14.6. The van der Waals surface area contributed by atoms with Gasteiger partial charge in [-0.1, -0.05) is 66.7 Å². The normalized spacial score (nSPS) is 10.5. The molecule has 0 heterocycles. The molecular weight excluding hydrogens is 318 g/mol. The van der Waals surface area contributed by atoms with Gasteiger partial charge in [-0.25, -0.2) is 8.78 Å². The van der Waals surface area contributed by atoms with Gasteiger partial charge in [0, 0.05) is 11.1 Å². The Labute approximate surface area is 146 Å². The van der Waals surface area contributed by atoms with Crippen LogP contribution in [0.2, 0.25) is 0 Å². The first kappa shape index (κ1) is 16.9. The minimum atomic E-state index is -0.849. The third-order valence-corrected chi connectivity index (χ3v) is 3.98. The van der Waals surface area contributed by atoms with Gasteiger partial charge in [0.1, 0.15) is 12.4 Å². The third-order valence-electron chi connectivity index (χ3n) is 3.98. The highest BCUT2D eigenvalue weighted by atomic mass is 19.2. The molecule has 25 heavy (non-hydrogen) atoms. The largest absolute Gasteiger partial charge is 0.490 e. The van der Waals surface area contributed by atoms with Crippen LogP contribution in [-0.2, 0) is 0 Å². The molecule has 0 atom stereocenters. The van der Waals surface area contributed by atoms with E-state index in [2.05, 4.69) is 6.58 Å². The number of rotatable bonds is 5. The van der Waals surface area contributed by atoms with Crippen LogP contribution < -0.4 is 4.74 Å². The first-order valence-electron chi connectivity index (χ1n) is 7.99. The second-order valence-electron chi connectivity index (χ2n) is 5.78. The van der Waals surface area contributed by atoms with Gasteiger partial charge in [0.05, 0.1) is 0 Å². The highest BCUT2D eigenvalue weighted by Crippen LogP contribution is 2.32. The van der Waals surface area contributed by atoms with E-state index in [1.54, 1.807) is 54.6 Å². The smallest absolute Gasteiger partial charge is 0.167 e. The Morgan fingerprint density at radius 2 is 1.28 bits per heavy atom. The molecule has 0 saturated heterocycles. The lowest BCUT2D eigenvalue weighted by atomic mass is 9.98. The fourth-order valence-corrected chi connectivity index (χ4v) is 2.61. The van der Waals surface area contributed by atoms with Gasteiger partial charge in [-0.2, -0.15) is 0 Å². The van der Waals surface area contributed by atoms with Crippen LogP contribution in [0, 0.1) is 18.6 Å². The molecular formula is C22H18F2O. The molecule has 0 bridgehead atoms. The Hall–Kier alpha value is -2.94. The molecule has 0 radical (unpaired) electrons. The predicted molar refractivity (Wildman–Crippen MR) is 97.7 cm³/mol. The molecule has 3 rings (SSSR count). The van der Waals surface area contributed by atoms with E-state index in [-0.39, 0.29) is 11.1 Å². The second kappa shape index (κ2) is 7.31. The molecule has 0 aliphatic rings. The molecule has 3 aromatic carbocycles. The van der Waals surface area contributed by atoms with E-state index in [1.807, 2.05) is 19.1 Å². The van der Waals surface area contributed by atoms with Crippen molar-refractivity contribution in [2.45, 2.75) is 6.92 Å². The van der Waals surface area contributed by atoms with Crippen molar-refractivity contribution in [3.8, 4) is 28.0 Å². The summed E-state index contributed by atoms with van der Waals surface area (Å²) in [5.41, 5.74) is 2.80. The quantitative estimate of drug-likeness (QED) is 0.506. The maximum absolute atomic E-state index is 14.6. The monoisotopic (exact) mass is 336 g/mol. The van der Waals surface area contributed by atoms with Crippen molar-refractivity contribution in [3.63, 3.8) is 0 Å². The fourth-order valence-electron chi connectivity index (χ4n) is 2.61. The third kappa shape index (κ3) is 3.61. The van der Waals surface area contributed by atoms with E-state index in [1.165, 1.54) is 0 Å². The molecule has 3 aromatic rings. The first-order chi connectivity index (χ1) is 12.1. The van der Waals surface area contributed by atoms with Crippen LogP contribution in [0.1, 0.15) is 5.56 Å². The summed E-state index contributed by atoms with van der Waals surface area (Å²) in [5.74, 6) is -1.04. The average molecular weight is 336 g/mol. The van der Waals surface area contributed by atoms with Crippen molar-refractivity contribution < 1.29 is 13.5 Å². The van der Waals surface area contributed by atoms with E-state index in [4.69, 9.17) is 4.74 Å². The van der Waals surface area contributed by atoms with Crippen molar-refractivity contribution >= 4 is 0 Å². The summed E-state index contributed by atoms with van der Waals surface area (Å²) in [4.78, 5) is 0. The van der Waals surface area contributed by atoms with Gasteiger partial charge in [-0.3, -0.25) is 0 Å². The molecule has 0 N–H and O–H groups in total. The Balaban J connectivity index is 1.94. The molecule has 1 nitrogen and oxygen atoms in total. The molecule has 0 spiro atoms. The van der Waals surface area contributed by atoms with E-state index < -0.39 is 11.6 Å². The summed E-state index contributed by atoms with van der Waals surface area (Å²) >= 11 is 0. The summed E-state index contributed by atoms with van der Waals surface area (Å²) in [7, 11) is 0. The van der Waals surface area contributed by atoms with Gasteiger partial charge < -0.3 is 4.74 Å². The lowest BCUT2D eigenvalue weighted by Crippen LogP contribution is -1.95. The van der Waals surface area contributed by atoms with Gasteiger partial charge >= 0.3 is 0 Å². The van der Waals surface area contributed by atoms with Crippen LogP contribution in [0.15, 0.2) is 73.3 Å². The molecule has 0 fully saturated rings. The van der Waals surface area contributed by atoms with Crippen molar-refractivity contribution in [1.29, 1.82) is 0 Å². The first-order valence-corrected chi connectivity index (χ1v) is 7.99. The number of hydrogen-bond acceptors (Lipinski definition) is 1. The molecule has 0 aliphatic heterocycles. The standard InChI is InChI=1S/C22H18F2O/c1-3-14-25-18-10-8-17(9-11-18)20-13-12-19(21(23)22(20)24)16-6-4-15(2)5-7-16/h3-13H,1,14H2,2H3. The molecule has 0 saturated carbocycles. The van der Waals surface area contributed by atoms with E-state index in [0.29, 0.717) is 23.5 Å². The van der Waals surface area contributed by atoms with Crippen molar-refractivity contribution in [3.05, 3.63) is 90.5 Å². The van der Waals surface area contributed by atoms with Crippen molar-refractivity contribution in [2.24, 2.45) is 0 Å². The SMILES string of the molecule is C=CCOc1ccc(-c2ccc(-c3ccc(C)cc3)c(F)c2F)cc1. The minimum absolute atomic E-state index is 0.226. The van der Waals surface area contributed by atoms with Gasteiger partial charge in [0.2, 0.25) is 0 Å². The maximum Gasteiger partial charge on any atom is 0.167 e. The van der Waals surface area contributed by atoms with Crippen molar-refractivity contribution in [2.75, 3.05) is 6.61 Å². The Morgan fingerprint density at radius 3 is 1.76 bits per heavy atom. The zero-order valence-corrected chi connectivity index (χ0v) is 13.9. The highest BCUT2D eigenvalue weighted by molar-refractivity contribution is 5.72. The van der Waals surface area contributed by atoms with E-state index in [9.17, 15) is 8.78 Å². The van der Waals surface area contributed by atoms with Crippen LogP contribution in [0.4, 0.5) is 8.78 Å². The zero-order chi connectivity index (χ0) is 17.8. The van der Waals surface area contributed by atoms with Gasteiger partial charge in [0.15, 0.2) is 11.6 Å². The van der Waals surface area contributed by atoms with Crippen LogP contribution in [-0.4, -0.2) is 6.61 Å². The number of hydrogen-bond donors (Lipinski definition) is 0. The molecule has 0 unspecified atom stereocenters. The van der Waals surface area contributed by atoms with Gasteiger partial charge in [-0.15, -0.1) is 0 Å². The minimum Gasteiger partial charge on any atom is -0.490 e. The lowest BCUT2D eigenvalue weighted by Gasteiger charge is -2.10. The lowest BCUT2D eigenvalue weighted by molar-refractivity contribution is 0.363. The van der Waals surface area contributed by atoms with Crippen LogP contribution >= 0.6 is 0 Å². The van der Waals surface area contributed by atoms with Gasteiger partial charge in [0.25, 0.3) is 0 Å². The van der Waals surface area contributed by atoms with E-state index >= 15 is 0 Å². The molecule has 3 heteroatoms. The predicted octanol–water partition coefficient (Wildman–Crippen LogP) is 6.17. The van der Waals surface area contributed by atoms with Crippen LogP contribution in [0.3, 0.4) is 0 Å². The number of ether oxygens (including phenoxy) is 1. The summed E-state index contributed by atoms with van der Waals surface area (Å²) < 4.78 is 34.6. The summed E-state index contributed by atoms with van der Waals surface area (Å²) in [5, 5.41) is 0. The topological polar surface area (TPSA) is 9.23 Å². The number of halogens is 2. The zero-order valence-electron chi connectivity index (χ0n) is 13.9. The second-order valence-corrected chi connectivity index (χ2v) is 5.78. The van der Waals surface area contributed by atoms with Crippen LogP contribution in [0.25, 0.3) is 22.3 Å². The summed E-state index contributed by atoms with van der Waals surface area (Å²) in [6.07, 6.45) is 1.65. The van der Waals surface area contributed by atoms with Crippen molar-refractivity contribution in [1.82, 2.24) is 0 Å². The Bertz CT molecular complexity index is 881. The Morgan fingerprint density at radius 1 is 0.800 bits per heavy atom. The highest BCUT2D eigenvalue weighted by Gasteiger charge is 2.15. The Kier molecular flexibility index (Phi) is 4.94. The summed E-state index contributed by atoms with van der Waals surface area (Å²) in [6, 6.07) is 17.4. The molecule has 0 aliphatic carbocycles. The van der Waals surface area contributed by atoms with Crippen LogP contribution in [0.5, 0.6) is 5.75 Å². The van der Waals surface area contributed by atoms with E-state index in [0.717, 1.165) is 5.56 Å². The molecule has 126 valence electrons. The average Bonchev–Trinajstić information content (AvgIpc) is 2.64. The molecule has 0 amide bonds. The number of aryl methyl sites for hydroxylation is 1. The summed E-state index contributed by atoms with van der Waals surface area (Å²) in [6.45, 7) is 5.93. The van der Waals surface area contributed by atoms with Gasteiger partial charge in [-0.05, 0) is 30.2 Å².